The van der Waals surface area contributed by atoms with Crippen molar-refractivity contribution in [3.8, 4) is 0 Å². The average molecular weight is 292 g/mol. The first-order valence-electron chi connectivity index (χ1n) is 7.85. The van der Waals surface area contributed by atoms with E-state index in [0.29, 0.717) is 6.04 Å². The van der Waals surface area contributed by atoms with E-state index >= 15 is 0 Å². The molecule has 1 saturated heterocycles. The van der Waals surface area contributed by atoms with Gasteiger partial charge in [-0.2, -0.15) is 0 Å². The van der Waals surface area contributed by atoms with Gasteiger partial charge in [0.05, 0.1) is 6.61 Å². The Bertz CT molecular complexity index is 416. The second kappa shape index (κ2) is 8.32. The van der Waals surface area contributed by atoms with Gasteiger partial charge in [0, 0.05) is 64.2 Å². The fourth-order valence-electron chi connectivity index (χ4n) is 2.70. The van der Waals surface area contributed by atoms with Crippen LogP contribution in [0.3, 0.4) is 0 Å². The Labute approximate surface area is 128 Å². The maximum atomic E-state index is 5.07. The molecular weight excluding hydrogens is 264 g/mol. The standard InChI is InChI=1S/C16H28N4O/c1-14(2)19-8-10-20(11-9-19)16-15(5-4-6-18-16)13-17-7-12-21-3/h4-6,14,17H,7-13H2,1-3H3. The molecule has 2 heterocycles. The molecule has 0 saturated carbocycles. The lowest BCUT2D eigenvalue weighted by atomic mass is 10.2. The summed E-state index contributed by atoms with van der Waals surface area (Å²) < 4.78 is 5.07. The van der Waals surface area contributed by atoms with Crippen LogP contribution in [0, 0.1) is 0 Å². The first-order valence-corrected chi connectivity index (χ1v) is 7.85. The second-order valence-electron chi connectivity index (χ2n) is 5.77. The molecule has 0 spiro atoms. The first kappa shape index (κ1) is 16.2. The third kappa shape index (κ3) is 4.66. The third-order valence-corrected chi connectivity index (χ3v) is 4.01. The summed E-state index contributed by atoms with van der Waals surface area (Å²) in [7, 11) is 1.73. The van der Waals surface area contributed by atoms with E-state index in [-0.39, 0.29) is 0 Å². The van der Waals surface area contributed by atoms with Crippen LogP contribution in [0.15, 0.2) is 18.3 Å². The Hall–Kier alpha value is -1.17. The molecule has 118 valence electrons. The molecule has 0 aromatic carbocycles. The zero-order valence-corrected chi connectivity index (χ0v) is 13.5. The minimum Gasteiger partial charge on any atom is -0.383 e. The largest absolute Gasteiger partial charge is 0.383 e. The van der Waals surface area contributed by atoms with E-state index in [1.165, 1.54) is 5.56 Å². The molecule has 5 heteroatoms. The van der Waals surface area contributed by atoms with Gasteiger partial charge in [0.15, 0.2) is 0 Å². The summed E-state index contributed by atoms with van der Waals surface area (Å²) in [6.07, 6.45) is 1.89. The van der Waals surface area contributed by atoms with E-state index in [1.54, 1.807) is 7.11 Å². The van der Waals surface area contributed by atoms with Crippen LogP contribution < -0.4 is 10.2 Å². The molecule has 1 aliphatic rings. The number of anilines is 1. The highest BCUT2D eigenvalue weighted by Gasteiger charge is 2.21. The molecule has 2 rings (SSSR count). The quantitative estimate of drug-likeness (QED) is 0.768. The highest BCUT2D eigenvalue weighted by atomic mass is 16.5. The summed E-state index contributed by atoms with van der Waals surface area (Å²) >= 11 is 0. The van der Waals surface area contributed by atoms with Crippen molar-refractivity contribution >= 4 is 5.82 Å². The van der Waals surface area contributed by atoms with Gasteiger partial charge in [-0.05, 0) is 19.9 Å². The van der Waals surface area contributed by atoms with Crippen LogP contribution in [0.4, 0.5) is 5.82 Å². The summed E-state index contributed by atoms with van der Waals surface area (Å²) in [6, 6.07) is 4.81. The monoisotopic (exact) mass is 292 g/mol. The van der Waals surface area contributed by atoms with Crippen LogP contribution in [0.2, 0.25) is 0 Å². The van der Waals surface area contributed by atoms with Gasteiger partial charge in [0.25, 0.3) is 0 Å². The predicted molar refractivity (Wildman–Crippen MR) is 86.7 cm³/mol. The highest BCUT2D eigenvalue weighted by Crippen LogP contribution is 2.19. The topological polar surface area (TPSA) is 40.6 Å². The van der Waals surface area contributed by atoms with Crippen LogP contribution >= 0.6 is 0 Å². The van der Waals surface area contributed by atoms with Gasteiger partial charge in [0.2, 0.25) is 0 Å². The third-order valence-electron chi connectivity index (χ3n) is 4.01. The number of hydrogen-bond acceptors (Lipinski definition) is 5. The maximum Gasteiger partial charge on any atom is 0.133 e. The van der Waals surface area contributed by atoms with Crippen LogP contribution in [-0.4, -0.2) is 62.4 Å². The number of piperazine rings is 1. The van der Waals surface area contributed by atoms with Crippen LogP contribution in [0.1, 0.15) is 19.4 Å². The normalized spacial score (nSPS) is 16.7. The van der Waals surface area contributed by atoms with Gasteiger partial charge in [-0.1, -0.05) is 6.07 Å². The van der Waals surface area contributed by atoms with Gasteiger partial charge >= 0.3 is 0 Å². The Morgan fingerprint density at radius 3 is 2.71 bits per heavy atom. The van der Waals surface area contributed by atoms with Crippen molar-refractivity contribution in [2.45, 2.75) is 26.4 Å². The number of nitrogens with zero attached hydrogens (tertiary/aromatic N) is 3. The minimum atomic E-state index is 0.631. The van der Waals surface area contributed by atoms with Crippen molar-refractivity contribution in [3.05, 3.63) is 23.9 Å². The van der Waals surface area contributed by atoms with Crippen molar-refractivity contribution in [1.29, 1.82) is 0 Å². The van der Waals surface area contributed by atoms with Crippen LogP contribution in [0.25, 0.3) is 0 Å². The van der Waals surface area contributed by atoms with E-state index < -0.39 is 0 Å². The number of hydrogen-bond donors (Lipinski definition) is 1. The van der Waals surface area contributed by atoms with E-state index in [0.717, 1.165) is 51.7 Å². The average Bonchev–Trinajstić information content (AvgIpc) is 2.52. The zero-order chi connectivity index (χ0) is 15.1. The number of ether oxygens (including phenoxy) is 1. The fraction of sp³-hybridized carbons (Fsp3) is 0.688. The predicted octanol–water partition coefficient (Wildman–Crippen LogP) is 1.35. The smallest absolute Gasteiger partial charge is 0.133 e. The van der Waals surface area contributed by atoms with Crippen molar-refractivity contribution in [2.75, 3.05) is 51.3 Å². The van der Waals surface area contributed by atoms with Gasteiger partial charge in [-0.3, -0.25) is 4.90 Å². The Balaban J connectivity index is 1.93. The minimum absolute atomic E-state index is 0.631. The number of nitrogens with one attached hydrogen (secondary N) is 1. The van der Waals surface area contributed by atoms with Crippen molar-refractivity contribution < 1.29 is 4.74 Å². The Kier molecular flexibility index (Phi) is 6.42. The number of rotatable bonds is 7. The van der Waals surface area contributed by atoms with E-state index in [4.69, 9.17) is 4.74 Å². The van der Waals surface area contributed by atoms with Crippen molar-refractivity contribution in [1.82, 2.24) is 15.2 Å². The molecule has 0 unspecified atom stereocenters. The Morgan fingerprint density at radius 2 is 2.05 bits per heavy atom. The van der Waals surface area contributed by atoms with Crippen LogP contribution in [0.5, 0.6) is 0 Å². The number of pyridine rings is 1. The molecule has 1 N–H and O–H groups in total. The molecule has 1 aliphatic heterocycles. The van der Waals surface area contributed by atoms with Gasteiger partial charge in [-0.15, -0.1) is 0 Å². The summed E-state index contributed by atoms with van der Waals surface area (Å²) in [5, 5.41) is 3.41. The van der Waals surface area contributed by atoms with Crippen molar-refractivity contribution in [2.24, 2.45) is 0 Å². The molecule has 21 heavy (non-hydrogen) atoms. The molecule has 0 radical (unpaired) electrons. The molecule has 1 aromatic heterocycles. The van der Waals surface area contributed by atoms with E-state index in [1.807, 2.05) is 12.3 Å². The zero-order valence-electron chi connectivity index (χ0n) is 13.5. The molecule has 1 fully saturated rings. The molecule has 0 amide bonds. The molecular formula is C16H28N4O. The summed E-state index contributed by atoms with van der Waals surface area (Å²) in [5.41, 5.74) is 1.27. The number of aromatic nitrogens is 1. The molecule has 0 bridgehead atoms. The lowest BCUT2D eigenvalue weighted by Gasteiger charge is -2.38. The molecule has 0 aliphatic carbocycles. The number of methoxy groups -OCH3 is 1. The molecule has 0 atom stereocenters. The fourth-order valence-corrected chi connectivity index (χ4v) is 2.70. The SMILES string of the molecule is COCCNCc1cccnc1N1CCN(C(C)C)CC1. The Morgan fingerprint density at radius 1 is 1.29 bits per heavy atom. The molecule has 5 nitrogen and oxygen atoms in total. The lowest BCUT2D eigenvalue weighted by Crippen LogP contribution is -2.49. The van der Waals surface area contributed by atoms with Gasteiger partial charge in [0.1, 0.15) is 5.82 Å². The lowest BCUT2D eigenvalue weighted by molar-refractivity contribution is 0.199. The maximum absolute atomic E-state index is 5.07. The van der Waals surface area contributed by atoms with E-state index in [9.17, 15) is 0 Å². The van der Waals surface area contributed by atoms with E-state index in [2.05, 4.69) is 40.0 Å². The summed E-state index contributed by atoms with van der Waals surface area (Å²) in [4.78, 5) is 9.54. The van der Waals surface area contributed by atoms with Crippen LogP contribution in [-0.2, 0) is 11.3 Å². The summed E-state index contributed by atoms with van der Waals surface area (Å²) in [5.74, 6) is 1.13. The van der Waals surface area contributed by atoms with Crippen molar-refractivity contribution in [3.63, 3.8) is 0 Å². The van der Waals surface area contributed by atoms with Gasteiger partial charge < -0.3 is 15.0 Å². The summed E-state index contributed by atoms with van der Waals surface area (Å²) in [6.45, 7) is 11.3. The second-order valence-corrected chi connectivity index (χ2v) is 5.77. The first-order chi connectivity index (χ1) is 10.2. The highest BCUT2D eigenvalue weighted by molar-refractivity contribution is 5.47. The molecule has 1 aromatic rings. The van der Waals surface area contributed by atoms with Gasteiger partial charge in [-0.25, -0.2) is 4.98 Å².